The van der Waals surface area contributed by atoms with Gasteiger partial charge in [0.2, 0.25) is 0 Å². The van der Waals surface area contributed by atoms with E-state index in [1.807, 2.05) is 0 Å². The van der Waals surface area contributed by atoms with Gasteiger partial charge < -0.3 is 14.2 Å². The lowest BCUT2D eigenvalue weighted by atomic mass is 10.1. The lowest BCUT2D eigenvalue weighted by Gasteiger charge is -2.15. The standard InChI is InChI=1S/C23H29FN4O4Si/c1-6-31-22(29)21-18(14-28(27-21)15-30-11-12-33(3,4)5)17-7-8-20(19(24)13-17)32-23-25-10-9-16(2)26-23/h7-10,13-14H,6,11-12,15H2,1-5H3. The lowest BCUT2D eigenvalue weighted by Crippen LogP contribution is -2.22. The van der Waals surface area contributed by atoms with Crippen molar-refractivity contribution in [1.82, 2.24) is 19.7 Å². The van der Waals surface area contributed by atoms with E-state index in [9.17, 15) is 9.18 Å². The maximum absolute atomic E-state index is 14.8. The van der Waals surface area contributed by atoms with Crippen LogP contribution in [0.25, 0.3) is 11.1 Å². The van der Waals surface area contributed by atoms with Gasteiger partial charge in [0.05, 0.1) is 6.61 Å². The van der Waals surface area contributed by atoms with Crippen molar-refractivity contribution in [2.45, 2.75) is 46.3 Å². The molecule has 0 spiro atoms. The van der Waals surface area contributed by atoms with E-state index >= 15 is 0 Å². The number of hydrogen-bond donors (Lipinski definition) is 0. The fourth-order valence-corrected chi connectivity index (χ4v) is 3.67. The van der Waals surface area contributed by atoms with Crippen LogP contribution >= 0.6 is 0 Å². The third-order valence-electron chi connectivity index (χ3n) is 4.67. The fraction of sp³-hybridized carbons (Fsp3) is 0.391. The number of nitrogens with zero attached hydrogens (tertiary/aromatic N) is 4. The predicted molar refractivity (Wildman–Crippen MR) is 125 cm³/mol. The zero-order valence-corrected chi connectivity index (χ0v) is 20.6. The molecule has 2 heterocycles. The number of carbonyl (C=O) groups is 1. The van der Waals surface area contributed by atoms with Crippen LogP contribution < -0.4 is 4.74 Å². The summed E-state index contributed by atoms with van der Waals surface area (Å²) in [7, 11) is -1.22. The van der Waals surface area contributed by atoms with Crippen LogP contribution in [-0.2, 0) is 16.2 Å². The number of esters is 1. The highest BCUT2D eigenvalue weighted by Crippen LogP contribution is 2.30. The summed E-state index contributed by atoms with van der Waals surface area (Å²) in [5.41, 5.74) is 1.71. The molecule has 1 aromatic carbocycles. The molecule has 0 aliphatic rings. The second kappa shape index (κ2) is 10.7. The highest BCUT2D eigenvalue weighted by Gasteiger charge is 2.21. The Balaban J connectivity index is 1.83. The smallest absolute Gasteiger partial charge is 0.359 e. The summed E-state index contributed by atoms with van der Waals surface area (Å²) >= 11 is 0. The molecule has 0 unspecified atom stereocenters. The molecule has 10 heteroatoms. The zero-order valence-electron chi connectivity index (χ0n) is 19.6. The molecule has 0 radical (unpaired) electrons. The van der Waals surface area contributed by atoms with E-state index in [-0.39, 0.29) is 30.8 Å². The van der Waals surface area contributed by atoms with Gasteiger partial charge in [-0.15, -0.1) is 0 Å². The van der Waals surface area contributed by atoms with Crippen molar-refractivity contribution in [3.63, 3.8) is 0 Å². The molecule has 0 bridgehead atoms. The molecule has 0 saturated carbocycles. The molecule has 0 aliphatic heterocycles. The van der Waals surface area contributed by atoms with Crippen molar-refractivity contribution in [3.8, 4) is 22.9 Å². The molecule has 0 atom stereocenters. The molecule has 2 aromatic heterocycles. The summed E-state index contributed by atoms with van der Waals surface area (Å²) in [5, 5.41) is 4.32. The molecule has 33 heavy (non-hydrogen) atoms. The van der Waals surface area contributed by atoms with Gasteiger partial charge >= 0.3 is 12.0 Å². The van der Waals surface area contributed by atoms with Crippen molar-refractivity contribution in [3.05, 3.63) is 53.9 Å². The van der Waals surface area contributed by atoms with Gasteiger partial charge in [-0.05, 0) is 43.7 Å². The van der Waals surface area contributed by atoms with Gasteiger partial charge in [0.15, 0.2) is 17.3 Å². The minimum absolute atomic E-state index is 0.0240. The molecular weight excluding hydrogens is 443 g/mol. The Kier molecular flexibility index (Phi) is 7.93. The van der Waals surface area contributed by atoms with Gasteiger partial charge in [-0.1, -0.05) is 25.7 Å². The second-order valence-corrected chi connectivity index (χ2v) is 14.3. The van der Waals surface area contributed by atoms with E-state index in [0.717, 1.165) is 6.04 Å². The highest BCUT2D eigenvalue weighted by atomic mass is 28.3. The molecule has 0 fully saturated rings. The number of halogens is 1. The van der Waals surface area contributed by atoms with Crippen LogP contribution in [0.5, 0.6) is 11.8 Å². The first-order chi connectivity index (χ1) is 15.7. The van der Waals surface area contributed by atoms with E-state index in [4.69, 9.17) is 14.2 Å². The Morgan fingerprint density at radius 3 is 2.67 bits per heavy atom. The van der Waals surface area contributed by atoms with E-state index in [0.29, 0.717) is 23.4 Å². The molecule has 0 aliphatic carbocycles. The first-order valence-corrected chi connectivity index (χ1v) is 14.5. The van der Waals surface area contributed by atoms with E-state index < -0.39 is 19.9 Å². The molecule has 3 rings (SSSR count). The summed E-state index contributed by atoms with van der Waals surface area (Å²) in [4.78, 5) is 20.6. The highest BCUT2D eigenvalue weighted by molar-refractivity contribution is 6.76. The Bertz CT molecular complexity index is 1110. The summed E-state index contributed by atoms with van der Waals surface area (Å²) in [6, 6.07) is 7.18. The first-order valence-electron chi connectivity index (χ1n) is 10.8. The van der Waals surface area contributed by atoms with E-state index in [2.05, 4.69) is 34.7 Å². The van der Waals surface area contributed by atoms with Gasteiger partial charge in [-0.3, -0.25) is 0 Å². The molecule has 8 nitrogen and oxygen atoms in total. The Hall–Kier alpha value is -3.11. The minimum Gasteiger partial charge on any atom is -0.461 e. The van der Waals surface area contributed by atoms with Crippen LogP contribution in [0, 0.1) is 12.7 Å². The van der Waals surface area contributed by atoms with Gasteiger partial charge in [-0.2, -0.15) is 5.10 Å². The van der Waals surface area contributed by atoms with Gasteiger partial charge in [-0.25, -0.2) is 23.8 Å². The van der Waals surface area contributed by atoms with Gasteiger partial charge in [0, 0.05) is 38.3 Å². The number of ether oxygens (including phenoxy) is 3. The van der Waals surface area contributed by atoms with Crippen molar-refractivity contribution >= 4 is 14.0 Å². The van der Waals surface area contributed by atoms with E-state index in [1.54, 1.807) is 32.2 Å². The van der Waals surface area contributed by atoms with Gasteiger partial charge in [0.1, 0.15) is 6.73 Å². The number of benzene rings is 1. The largest absolute Gasteiger partial charge is 0.461 e. The molecule has 3 aromatic rings. The SMILES string of the molecule is CCOC(=O)c1nn(COCC[Si](C)(C)C)cc1-c1ccc(Oc2nccc(C)n2)c(F)c1. The normalized spacial score (nSPS) is 11.5. The topological polar surface area (TPSA) is 88.4 Å². The monoisotopic (exact) mass is 472 g/mol. The maximum atomic E-state index is 14.8. The summed E-state index contributed by atoms with van der Waals surface area (Å²) in [6.45, 7) is 11.3. The fourth-order valence-electron chi connectivity index (χ4n) is 2.91. The quantitative estimate of drug-likeness (QED) is 0.231. The third-order valence-corrected chi connectivity index (χ3v) is 6.37. The molecule has 0 saturated heterocycles. The molecule has 0 amide bonds. The van der Waals surface area contributed by atoms with Crippen LogP contribution in [0.3, 0.4) is 0 Å². The zero-order chi connectivity index (χ0) is 24.0. The van der Waals surface area contributed by atoms with Crippen molar-refractivity contribution in [2.24, 2.45) is 0 Å². The molecule has 0 N–H and O–H groups in total. The Morgan fingerprint density at radius 1 is 1.21 bits per heavy atom. The summed E-state index contributed by atoms with van der Waals surface area (Å²) in [6.07, 6.45) is 3.19. The first kappa shape index (κ1) is 24.5. The van der Waals surface area contributed by atoms with Crippen molar-refractivity contribution in [2.75, 3.05) is 13.2 Å². The lowest BCUT2D eigenvalue weighted by molar-refractivity contribution is 0.0511. The summed E-state index contributed by atoms with van der Waals surface area (Å²) in [5.74, 6) is -1.22. The molecule has 176 valence electrons. The van der Waals surface area contributed by atoms with Crippen LogP contribution in [0.15, 0.2) is 36.7 Å². The van der Waals surface area contributed by atoms with Gasteiger partial charge in [0.25, 0.3) is 0 Å². The van der Waals surface area contributed by atoms with Crippen LogP contribution in [0.4, 0.5) is 4.39 Å². The van der Waals surface area contributed by atoms with Crippen molar-refractivity contribution < 1.29 is 23.4 Å². The average molecular weight is 473 g/mol. The Labute approximate surface area is 193 Å². The number of aryl methyl sites for hydroxylation is 1. The average Bonchev–Trinajstić information content (AvgIpc) is 3.17. The number of carbonyl (C=O) groups excluding carboxylic acids is 1. The maximum Gasteiger partial charge on any atom is 0.359 e. The minimum atomic E-state index is -1.22. The number of hydrogen-bond acceptors (Lipinski definition) is 7. The van der Waals surface area contributed by atoms with Crippen LogP contribution in [0.1, 0.15) is 23.1 Å². The third kappa shape index (κ3) is 6.93. The second-order valence-electron chi connectivity index (χ2n) is 8.73. The van der Waals surface area contributed by atoms with Crippen molar-refractivity contribution in [1.29, 1.82) is 0 Å². The number of rotatable bonds is 10. The Morgan fingerprint density at radius 2 is 2.00 bits per heavy atom. The van der Waals surface area contributed by atoms with E-state index in [1.165, 1.54) is 23.0 Å². The van der Waals surface area contributed by atoms with Crippen LogP contribution in [0.2, 0.25) is 25.7 Å². The number of aromatic nitrogens is 4. The van der Waals surface area contributed by atoms with Crippen LogP contribution in [-0.4, -0.2) is 47.0 Å². The summed E-state index contributed by atoms with van der Waals surface area (Å²) < 4.78 is 32.7. The molecular formula is C23H29FN4O4Si. The predicted octanol–water partition coefficient (Wildman–Crippen LogP) is 5.07.